The molecule has 0 bridgehead atoms. The van der Waals surface area contributed by atoms with E-state index in [0.717, 1.165) is 27.0 Å². The van der Waals surface area contributed by atoms with Gasteiger partial charge in [-0.2, -0.15) is 0 Å². The summed E-state index contributed by atoms with van der Waals surface area (Å²) in [5.41, 5.74) is 1.25. The molecule has 23 heavy (non-hydrogen) atoms. The largest absolute Gasteiger partial charge is 0.486 e. The van der Waals surface area contributed by atoms with Gasteiger partial charge in [0.05, 0.1) is 0 Å². The van der Waals surface area contributed by atoms with Crippen LogP contribution in [0.2, 0.25) is 0 Å². The molecule has 3 rings (SSSR count). The number of benzene rings is 2. The fourth-order valence-electron chi connectivity index (χ4n) is 1.99. The Labute approximate surface area is 148 Å². The Morgan fingerprint density at radius 1 is 1.04 bits per heavy atom. The fraction of sp³-hybridized carbons (Fsp3) is 0.176. The Bertz CT molecular complexity index is 759. The van der Waals surface area contributed by atoms with Crippen LogP contribution in [0.3, 0.4) is 0 Å². The first kappa shape index (κ1) is 16.1. The molecule has 0 aliphatic rings. The molecule has 0 atom stereocenters. The smallest absolute Gasteiger partial charge is 0.191 e. The summed E-state index contributed by atoms with van der Waals surface area (Å²) in [5, 5.41) is 9.35. The lowest BCUT2D eigenvalue weighted by Gasteiger charge is -2.06. The van der Waals surface area contributed by atoms with E-state index in [1.54, 1.807) is 11.8 Å². The maximum absolute atomic E-state index is 5.72. The molecule has 3 aromatic rings. The second-order valence-corrected chi connectivity index (χ2v) is 6.83. The molecule has 118 valence electrons. The highest BCUT2D eigenvalue weighted by atomic mass is 79.9. The van der Waals surface area contributed by atoms with Crippen molar-refractivity contribution in [3.05, 3.63) is 70.5 Å². The fourth-order valence-corrected chi connectivity index (χ4v) is 3.14. The van der Waals surface area contributed by atoms with Crippen molar-refractivity contribution < 1.29 is 4.74 Å². The van der Waals surface area contributed by atoms with E-state index in [1.807, 2.05) is 54.1 Å². The molecule has 0 fully saturated rings. The van der Waals surface area contributed by atoms with Gasteiger partial charge >= 0.3 is 0 Å². The van der Waals surface area contributed by atoms with Crippen LogP contribution in [0.4, 0.5) is 0 Å². The molecular formula is C17H16BrN3OS. The Balaban J connectivity index is 1.59. The van der Waals surface area contributed by atoms with E-state index in [1.165, 1.54) is 5.56 Å². The number of halogens is 1. The van der Waals surface area contributed by atoms with Crippen molar-refractivity contribution in [1.29, 1.82) is 0 Å². The van der Waals surface area contributed by atoms with Crippen molar-refractivity contribution in [2.45, 2.75) is 17.5 Å². The summed E-state index contributed by atoms with van der Waals surface area (Å²) in [6.45, 7) is 0.409. The van der Waals surface area contributed by atoms with Gasteiger partial charge in [-0.1, -0.05) is 58.0 Å². The maximum Gasteiger partial charge on any atom is 0.191 e. The minimum absolute atomic E-state index is 0.409. The van der Waals surface area contributed by atoms with E-state index >= 15 is 0 Å². The van der Waals surface area contributed by atoms with Crippen molar-refractivity contribution in [2.24, 2.45) is 7.05 Å². The molecule has 0 saturated carbocycles. The van der Waals surface area contributed by atoms with E-state index in [4.69, 9.17) is 4.74 Å². The Kier molecular flexibility index (Phi) is 5.35. The van der Waals surface area contributed by atoms with Crippen LogP contribution in [0.25, 0.3) is 0 Å². The number of aromatic nitrogens is 3. The zero-order valence-electron chi connectivity index (χ0n) is 12.6. The molecule has 0 aliphatic carbocycles. The zero-order chi connectivity index (χ0) is 16.1. The average molecular weight is 390 g/mol. The van der Waals surface area contributed by atoms with E-state index < -0.39 is 0 Å². The first-order valence-electron chi connectivity index (χ1n) is 7.16. The number of hydrogen-bond acceptors (Lipinski definition) is 4. The molecule has 0 saturated heterocycles. The van der Waals surface area contributed by atoms with Crippen LogP contribution < -0.4 is 4.74 Å². The molecule has 1 aromatic heterocycles. The van der Waals surface area contributed by atoms with E-state index in [2.05, 4.69) is 38.3 Å². The highest BCUT2D eigenvalue weighted by molar-refractivity contribution is 9.10. The van der Waals surface area contributed by atoms with Gasteiger partial charge in [0.1, 0.15) is 12.4 Å². The standard InChI is InChI=1S/C17H16BrN3OS/c1-21-16(11-22-15-5-3-2-4-6-15)19-20-17(21)23-12-13-7-9-14(18)10-8-13/h2-10H,11-12H2,1H3. The zero-order valence-corrected chi connectivity index (χ0v) is 15.0. The molecule has 0 amide bonds. The summed E-state index contributed by atoms with van der Waals surface area (Å²) in [5.74, 6) is 2.51. The molecule has 0 spiro atoms. The Morgan fingerprint density at radius 3 is 2.52 bits per heavy atom. The summed E-state index contributed by atoms with van der Waals surface area (Å²) in [4.78, 5) is 0. The molecule has 6 heteroatoms. The van der Waals surface area contributed by atoms with Crippen molar-refractivity contribution in [3.8, 4) is 5.75 Å². The van der Waals surface area contributed by atoms with E-state index in [9.17, 15) is 0 Å². The monoisotopic (exact) mass is 389 g/mol. The maximum atomic E-state index is 5.72. The van der Waals surface area contributed by atoms with Crippen LogP contribution >= 0.6 is 27.7 Å². The van der Waals surface area contributed by atoms with Gasteiger partial charge in [-0.05, 0) is 29.8 Å². The first-order chi connectivity index (χ1) is 11.2. The number of hydrogen-bond donors (Lipinski definition) is 0. The Morgan fingerprint density at radius 2 is 1.78 bits per heavy atom. The molecule has 1 heterocycles. The molecule has 4 nitrogen and oxygen atoms in total. The van der Waals surface area contributed by atoms with Gasteiger partial charge in [0.15, 0.2) is 11.0 Å². The van der Waals surface area contributed by atoms with E-state index in [0.29, 0.717) is 6.61 Å². The van der Waals surface area contributed by atoms with E-state index in [-0.39, 0.29) is 0 Å². The highest BCUT2D eigenvalue weighted by Gasteiger charge is 2.10. The quantitative estimate of drug-likeness (QED) is 0.583. The topological polar surface area (TPSA) is 39.9 Å². The van der Waals surface area contributed by atoms with Crippen LogP contribution in [-0.2, 0) is 19.4 Å². The number of nitrogens with zero attached hydrogens (tertiary/aromatic N) is 3. The van der Waals surface area contributed by atoms with Gasteiger partial charge in [0.2, 0.25) is 0 Å². The predicted octanol–water partition coefficient (Wildman–Crippen LogP) is 4.45. The second kappa shape index (κ2) is 7.66. The molecule has 0 aliphatic heterocycles. The summed E-state index contributed by atoms with van der Waals surface area (Å²) in [7, 11) is 1.97. The third-order valence-corrected chi connectivity index (χ3v) is 4.94. The van der Waals surface area contributed by atoms with Crippen LogP contribution in [0.5, 0.6) is 5.75 Å². The molecule has 0 unspecified atom stereocenters. The number of rotatable bonds is 6. The predicted molar refractivity (Wildman–Crippen MR) is 95.5 cm³/mol. The highest BCUT2D eigenvalue weighted by Crippen LogP contribution is 2.22. The van der Waals surface area contributed by atoms with Gasteiger partial charge in [-0.3, -0.25) is 0 Å². The second-order valence-electron chi connectivity index (χ2n) is 4.97. The molecule has 2 aromatic carbocycles. The average Bonchev–Trinajstić information content (AvgIpc) is 2.93. The lowest BCUT2D eigenvalue weighted by atomic mass is 10.2. The molecule has 0 radical (unpaired) electrons. The van der Waals surface area contributed by atoms with Crippen LogP contribution in [0.1, 0.15) is 11.4 Å². The van der Waals surface area contributed by atoms with Crippen molar-refractivity contribution in [1.82, 2.24) is 14.8 Å². The lowest BCUT2D eigenvalue weighted by Crippen LogP contribution is -2.04. The van der Waals surface area contributed by atoms with Crippen molar-refractivity contribution in [2.75, 3.05) is 0 Å². The van der Waals surface area contributed by atoms with Crippen LogP contribution in [-0.4, -0.2) is 14.8 Å². The van der Waals surface area contributed by atoms with Gasteiger partial charge in [-0.25, -0.2) is 0 Å². The summed E-state index contributed by atoms with van der Waals surface area (Å²) in [6, 6.07) is 18.0. The SMILES string of the molecule is Cn1c(COc2ccccc2)nnc1SCc1ccc(Br)cc1. The van der Waals surface area contributed by atoms with Crippen LogP contribution in [0, 0.1) is 0 Å². The number of ether oxygens (including phenoxy) is 1. The van der Waals surface area contributed by atoms with Gasteiger partial charge in [0.25, 0.3) is 0 Å². The third-order valence-electron chi connectivity index (χ3n) is 3.32. The van der Waals surface area contributed by atoms with Gasteiger partial charge < -0.3 is 9.30 Å². The van der Waals surface area contributed by atoms with Crippen LogP contribution in [0.15, 0.2) is 64.2 Å². The number of thioether (sulfide) groups is 1. The van der Waals surface area contributed by atoms with Crippen molar-refractivity contribution >= 4 is 27.7 Å². The minimum atomic E-state index is 0.409. The van der Waals surface area contributed by atoms with Crippen molar-refractivity contribution in [3.63, 3.8) is 0 Å². The minimum Gasteiger partial charge on any atom is -0.486 e. The van der Waals surface area contributed by atoms with Gasteiger partial charge in [0, 0.05) is 17.3 Å². The Hall–Kier alpha value is -1.79. The van der Waals surface area contributed by atoms with Gasteiger partial charge in [-0.15, -0.1) is 10.2 Å². The third kappa shape index (κ3) is 4.36. The summed E-state index contributed by atoms with van der Waals surface area (Å²) in [6.07, 6.45) is 0. The summed E-state index contributed by atoms with van der Waals surface area (Å²) >= 11 is 5.11. The molecule has 0 N–H and O–H groups in total. The number of para-hydroxylation sites is 1. The normalized spacial score (nSPS) is 10.7. The first-order valence-corrected chi connectivity index (χ1v) is 8.93. The summed E-state index contributed by atoms with van der Waals surface area (Å²) < 4.78 is 8.79. The molecular weight excluding hydrogens is 374 g/mol. The lowest BCUT2D eigenvalue weighted by molar-refractivity contribution is 0.290.